The van der Waals surface area contributed by atoms with Gasteiger partial charge in [0.15, 0.2) is 0 Å². The van der Waals surface area contributed by atoms with Crippen molar-refractivity contribution >= 4 is 39.7 Å². The first-order chi connectivity index (χ1) is 10.2. The van der Waals surface area contributed by atoms with Gasteiger partial charge in [0, 0.05) is 16.1 Å². The molecule has 22 heavy (non-hydrogen) atoms. The van der Waals surface area contributed by atoms with Gasteiger partial charge in [-0.25, -0.2) is 0 Å². The van der Waals surface area contributed by atoms with E-state index in [1.165, 1.54) is 0 Å². The zero-order valence-electron chi connectivity index (χ0n) is 12.2. The maximum absolute atomic E-state index is 12.0. The standard InChI is InChI=1S/C16H20N2O2S.ClH/c19-13(10-18-16(20)12-6-3-4-8-17-12)15-9-11-5-1-2-7-14(11)21-15;/h1-2,5,7,9,12-13,17,19H,3-4,6,8,10H2,(H,18,20);1H. The van der Waals surface area contributed by atoms with E-state index in [1.54, 1.807) is 11.3 Å². The Morgan fingerprint density at radius 2 is 2.23 bits per heavy atom. The molecule has 3 rings (SSSR count). The highest BCUT2D eigenvalue weighted by Crippen LogP contribution is 2.29. The fourth-order valence-corrected chi connectivity index (χ4v) is 3.71. The summed E-state index contributed by atoms with van der Waals surface area (Å²) in [6, 6.07) is 9.95. The van der Waals surface area contributed by atoms with Crippen LogP contribution in [0.25, 0.3) is 10.1 Å². The predicted octanol–water partition coefficient (Wildman–Crippen LogP) is 2.61. The summed E-state index contributed by atoms with van der Waals surface area (Å²) in [5.41, 5.74) is 0. The molecule has 1 aromatic heterocycles. The van der Waals surface area contributed by atoms with Crippen LogP contribution in [0.3, 0.4) is 0 Å². The molecule has 0 aliphatic carbocycles. The average molecular weight is 341 g/mol. The molecule has 0 bridgehead atoms. The van der Waals surface area contributed by atoms with E-state index in [0.717, 1.165) is 40.8 Å². The summed E-state index contributed by atoms with van der Waals surface area (Å²) in [6.45, 7) is 1.17. The first kappa shape index (κ1) is 17.2. The minimum absolute atomic E-state index is 0. The van der Waals surface area contributed by atoms with Crippen LogP contribution < -0.4 is 10.6 Å². The first-order valence-corrected chi connectivity index (χ1v) is 8.23. The lowest BCUT2D eigenvalue weighted by atomic mass is 10.0. The van der Waals surface area contributed by atoms with Crippen molar-refractivity contribution in [2.45, 2.75) is 31.4 Å². The number of benzene rings is 1. The third-order valence-corrected chi connectivity index (χ3v) is 5.09. The largest absolute Gasteiger partial charge is 0.386 e. The van der Waals surface area contributed by atoms with E-state index < -0.39 is 6.10 Å². The number of nitrogens with one attached hydrogen (secondary N) is 2. The molecule has 1 saturated heterocycles. The molecule has 4 nitrogen and oxygen atoms in total. The van der Waals surface area contributed by atoms with Crippen LogP contribution in [0.2, 0.25) is 0 Å². The summed E-state index contributed by atoms with van der Waals surface area (Å²) in [7, 11) is 0. The smallest absolute Gasteiger partial charge is 0.237 e. The van der Waals surface area contributed by atoms with Crippen LogP contribution in [0, 0.1) is 0 Å². The normalized spacial score (nSPS) is 19.4. The van der Waals surface area contributed by atoms with Gasteiger partial charge in [0.25, 0.3) is 0 Å². The molecule has 2 aromatic rings. The zero-order valence-corrected chi connectivity index (χ0v) is 13.9. The fraction of sp³-hybridized carbons (Fsp3) is 0.438. The van der Waals surface area contributed by atoms with Crippen LogP contribution in [-0.4, -0.2) is 30.1 Å². The maximum atomic E-state index is 12.0. The summed E-state index contributed by atoms with van der Waals surface area (Å²) < 4.78 is 1.16. The first-order valence-electron chi connectivity index (χ1n) is 7.41. The van der Waals surface area contributed by atoms with Crippen LogP contribution in [-0.2, 0) is 4.79 Å². The number of aliphatic hydroxyl groups is 1. The van der Waals surface area contributed by atoms with Gasteiger partial charge in [0.1, 0.15) is 6.10 Å². The lowest BCUT2D eigenvalue weighted by molar-refractivity contribution is -0.124. The Balaban J connectivity index is 0.00000176. The van der Waals surface area contributed by atoms with E-state index in [4.69, 9.17) is 0 Å². The Morgan fingerprint density at radius 1 is 1.41 bits per heavy atom. The second-order valence-corrected chi connectivity index (χ2v) is 6.57. The number of carbonyl (C=O) groups excluding carboxylic acids is 1. The highest BCUT2D eigenvalue weighted by molar-refractivity contribution is 7.19. The van der Waals surface area contributed by atoms with Crippen molar-refractivity contribution in [2.24, 2.45) is 0 Å². The van der Waals surface area contributed by atoms with Gasteiger partial charge in [-0.05, 0) is 36.9 Å². The molecule has 0 saturated carbocycles. The molecule has 1 aliphatic rings. The van der Waals surface area contributed by atoms with Gasteiger partial charge in [-0.3, -0.25) is 4.79 Å². The third-order valence-electron chi connectivity index (χ3n) is 3.87. The molecule has 1 amide bonds. The highest BCUT2D eigenvalue weighted by atomic mass is 35.5. The Labute approximate surface area is 140 Å². The average Bonchev–Trinajstić information content (AvgIpc) is 2.97. The van der Waals surface area contributed by atoms with Crippen LogP contribution in [0.15, 0.2) is 30.3 Å². The number of halogens is 1. The van der Waals surface area contributed by atoms with Crippen molar-refractivity contribution in [3.8, 4) is 0 Å². The van der Waals surface area contributed by atoms with Crippen LogP contribution in [0.4, 0.5) is 0 Å². The van der Waals surface area contributed by atoms with Crippen LogP contribution in [0.5, 0.6) is 0 Å². The fourth-order valence-electron chi connectivity index (χ4n) is 2.66. The topological polar surface area (TPSA) is 61.4 Å². The summed E-state index contributed by atoms with van der Waals surface area (Å²) in [6.07, 6.45) is 2.46. The number of rotatable bonds is 4. The number of carbonyl (C=O) groups is 1. The molecule has 0 radical (unpaired) electrons. The van der Waals surface area contributed by atoms with Gasteiger partial charge in [-0.1, -0.05) is 24.6 Å². The minimum atomic E-state index is -0.644. The van der Waals surface area contributed by atoms with Crippen molar-refractivity contribution in [3.05, 3.63) is 35.2 Å². The van der Waals surface area contributed by atoms with E-state index in [9.17, 15) is 9.90 Å². The number of amides is 1. The molecule has 1 aliphatic heterocycles. The van der Waals surface area contributed by atoms with Crippen molar-refractivity contribution in [1.29, 1.82) is 0 Å². The van der Waals surface area contributed by atoms with E-state index >= 15 is 0 Å². The molecule has 1 aromatic carbocycles. The monoisotopic (exact) mass is 340 g/mol. The number of hydrogen-bond donors (Lipinski definition) is 3. The Bertz CT molecular complexity index is 592. The van der Waals surface area contributed by atoms with Gasteiger partial charge in [-0.15, -0.1) is 23.7 Å². The van der Waals surface area contributed by atoms with Gasteiger partial charge in [0.05, 0.1) is 6.04 Å². The van der Waals surface area contributed by atoms with Crippen LogP contribution in [0.1, 0.15) is 30.2 Å². The van der Waals surface area contributed by atoms with Gasteiger partial charge in [0.2, 0.25) is 5.91 Å². The highest BCUT2D eigenvalue weighted by Gasteiger charge is 2.21. The van der Waals surface area contributed by atoms with Gasteiger partial charge >= 0.3 is 0 Å². The van der Waals surface area contributed by atoms with Gasteiger partial charge in [-0.2, -0.15) is 0 Å². The van der Waals surface area contributed by atoms with Crippen LogP contribution >= 0.6 is 23.7 Å². The molecule has 2 atom stereocenters. The molecule has 6 heteroatoms. The number of hydrogen-bond acceptors (Lipinski definition) is 4. The third kappa shape index (κ3) is 3.98. The minimum Gasteiger partial charge on any atom is -0.386 e. The molecule has 120 valence electrons. The second-order valence-electron chi connectivity index (χ2n) is 5.45. The lowest BCUT2D eigenvalue weighted by Crippen LogP contribution is -2.47. The SMILES string of the molecule is Cl.O=C(NCC(O)c1cc2ccccc2s1)C1CCCCN1. The Morgan fingerprint density at radius 3 is 2.95 bits per heavy atom. The molecule has 2 unspecified atom stereocenters. The Kier molecular flexibility index (Phi) is 6.20. The van der Waals surface area contributed by atoms with Crippen molar-refractivity contribution < 1.29 is 9.90 Å². The molecule has 3 N–H and O–H groups in total. The molecular formula is C16H21ClN2O2S. The second kappa shape index (κ2) is 7.92. The Hall–Kier alpha value is -1.14. The van der Waals surface area contributed by atoms with E-state index in [1.807, 2.05) is 30.3 Å². The summed E-state index contributed by atoms with van der Waals surface area (Å²) in [5.74, 6) is -0.00476. The predicted molar refractivity (Wildman–Crippen MR) is 92.7 cm³/mol. The summed E-state index contributed by atoms with van der Waals surface area (Å²) in [5, 5.41) is 17.4. The number of thiophene rings is 1. The van der Waals surface area contributed by atoms with Gasteiger partial charge < -0.3 is 15.7 Å². The molecule has 2 heterocycles. The summed E-state index contributed by atoms with van der Waals surface area (Å²) >= 11 is 1.58. The van der Waals surface area contributed by atoms with Crippen molar-refractivity contribution in [1.82, 2.24) is 10.6 Å². The number of fused-ring (bicyclic) bond motifs is 1. The van der Waals surface area contributed by atoms with E-state index in [0.29, 0.717) is 0 Å². The zero-order chi connectivity index (χ0) is 14.7. The van der Waals surface area contributed by atoms with E-state index in [-0.39, 0.29) is 30.9 Å². The lowest BCUT2D eigenvalue weighted by Gasteiger charge is -2.23. The molecular weight excluding hydrogens is 320 g/mol. The van der Waals surface area contributed by atoms with Crippen molar-refractivity contribution in [3.63, 3.8) is 0 Å². The number of piperidine rings is 1. The maximum Gasteiger partial charge on any atom is 0.237 e. The quantitative estimate of drug-likeness (QED) is 0.801. The molecule has 1 fully saturated rings. The molecule has 0 spiro atoms. The number of aliphatic hydroxyl groups excluding tert-OH is 1. The van der Waals surface area contributed by atoms with E-state index in [2.05, 4.69) is 10.6 Å². The summed E-state index contributed by atoms with van der Waals surface area (Å²) in [4.78, 5) is 12.9. The van der Waals surface area contributed by atoms with Crippen molar-refractivity contribution in [2.75, 3.05) is 13.1 Å².